The molecule has 0 radical (unpaired) electrons. The van der Waals surface area contributed by atoms with Crippen molar-refractivity contribution in [2.45, 2.75) is 11.8 Å². The molecule has 2 aromatic rings. The molecule has 2 aromatic carbocycles. The van der Waals surface area contributed by atoms with Crippen LogP contribution in [0.15, 0.2) is 46.4 Å². The quantitative estimate of drug-likeness (QED) is 0.457. The second-order valence-electron chi connectivity index (χ2n) is 5.01. The van der Waals surface area contributed by atoms with Crippen LogP contribution in [0.2, 0.25) is 0 Å². The molecule has 25 heavy (non-hydrogen) atoms. The monoisotopic (exact) mass is 365 g/mol. The summed E-state index contributed by atoms with van der Waals surface area (Å²) in [6.07, 6.45) is 1.07. The summed E-state index contributed by atoms with van der Waals surface area (Å²) in [5.41, 5.74) is 0.501. The molecule has 0 bridgehead atoms. The lowest BCUT2D eigenvalue weighted by atomic mass is 10.2. The summed E-state index contributed by atoms with van der Waals surface area (Å²) >= 11 is 0. The number of rotatable bonds is 6. The third kappa shape index (κ3) is 4.23. The number of sulfonamides is 1. The van der Waals surface area contributed by atoms with Crippen LogP contribution in [0.4, 0.5) is 5.69 Å². The van der Waals surface area contributed by atoms with Gasteiger partial charge in [-0.2, -0.15) is 13.5 Å². The summed E-state index contributed by atoms with van der Waals surface area (Å²) < 4.78 is 29.0. The van der Waals surface area contributed by atoms with Gasteiger partial charge in [0.15, 0.2) is 5.75 Å². The SMILES string of the molecule is COc1cc(C=NNS(=O)(=O)c2ccc(C)cc2)cc([N+](=O)[O-])c1O. The highest BCUT2D eigenvalue weighted by atomic mass is 32.2. The van der Waals surface area contributed by atoms with Crippen LogP contribution in [0.5, 0.6) is 11.5 Å². The van der Waals surface area contributed by atoms with Gasteiger partial charge in [-0.1, -0.05) is 17.7 Å². The lowest BCUT2D eigenvalue weighted by Gasteiger charge is -2.06. The normalized spacial score (nSPS) is 11.4. The highest BCUT2D eigenvalue weighted by Crippen LogP contribution is 2.36. The molecule has 0 atom stereocenters. The lowest BCUT2D eigenvalue weighted by Crippen LogP contribution is -2.18. The molecule has 0 aromatic heterocycles. The van der Waals surface area contributed by atoms with Crippen molar-refractivity contribution in [2.75, 3.05) is 7.11 Å². The number of nitrogens with one attached hydrogen (secondary N) is 1. The van der Waals surface area contributed by atoms with Gasteiger partial charge in [0, 0.05) is 11.6 Å². The third-order valence-corrected chi connectivity index (χ3v) is 4.45. The van der Waals surface area contributed by atoms with Crippen LogP contribution < -0.4 is 9.57 Å². The minimum atomic E-state index is -3.86. The molecule has 0 aliphatic carbocycles. The first-order valence-corrected chi connectivity index (χ1v) is 8.40. The number of phenols is 1. The fourth-order valence-corrected chi connectivity index (χ4v) is 2.71. The zero-order valence-corrected chi connectivity index (χ0v) is 14.1. The Bertz CT molecular complexity index is 923. The van der Waals surface area contributed by atoms with Gasteiger partial charge in [-0.25, -0.2) is 4.83 Å². The molecule has 0 fully saturated rings. The molecular formula is C15H15N3O6S. The molecule has 0 heterocycles. The van der Waals surface area contributed by atoms with Crippen molar-refractivity contribution >= 4 is 21.9 Å². The molecule has 2 rings (SSSR count). The average molecular weight is 365 g/mol. The predicted octanol–water partition coefficient (Wildman–Crippen LogP) is 1.93. The molecule has 0 aliphatic rings. The van der Waals surface area contributed by atoms with Crippen molar-refractivity contribution in [2.24, 2.45) is 5.10 Å². The number of methoxy groups -OCH3 is 1. The summed E-state index contributed by atoms with van der Waals surface area (Å²) in [6.45, 7) is 1.83. The van der Waals surface area contributed by atoms with Crippen molar-refractivity contribution in [1.82, 2.24) is 4.83 Å². The largest absolute Gasteiger partial charge is 0.500 e. The van der Waals surface area contributed by atoms with E-state index in [2.05, 4.69) is 5.10 Å². The van der Waals surface area contributed by atoms with Crippen LogP contribution in [0, 0.1) is 17.0 Å². The van der Waals surface area contributed by atoms with Gasteiger partial charge < -0.3 is 9.84 Å². The number of ether oxygens (including phenoxy) is 1. The molecule has 0 aliphatic heterocycles. The first kappa shape index (κ1) is 18.2. The summed E-state index contributed by atoms with van der Waals surface area (Å²) in [7, 11) is -2.62. The number of hydrogen-bond donors (Lipinski definition) is 2. The number of nitro groups is 1. The Hall–Kier alpha value is -3.14. The van der Waals surface area contributed by atoms with Crippen molar-refractivity contribution in [3.8, 4) is 11.5 Å². The number of hydrogen-bond acceptors (Lipinski definition) is 7. The van der Waals surface area contributed by atoms with Crippen molar-refractivity contribution < 1.29 is 23.2 Å². The second-order valence-corrected chi connectivity index (χ2v) is 6.67. The first-order valence-electron chi connectivity index (χ1n) is 6.91. The van der Waals surface area contributed by atoms with Gasteiger partial charge >= 0.3 is 5.69 Å². The number of phenolic OH excluding ortho intramolecular Hbond substituents is 1. The van der Waals surface area contributed by atoms with Crippen molar-refractivity contribution in [3.05, 3.63) is 57.6 Å². The topological polar surface area (TPSA) is 131 Å². The Morgan fingerprint density at radius 2 is 1.92 bits per heavy atom. The van der Waals surface area contributed by atoms with E-state index in [0.29, 0.717) is 0 Å². The van der Waals surface area contributed by atoms with E-state index in [1.807, 2.05) is 11.8 Å². The van der Waals surface area contributed by atoms with Gasteiger partial charge in [0.2, 0.25) is 5.75 Å². The van der Waals surface area contributed by atoms with E-state index < -0.39 is 26.4 Å². The van der Waals surface area contributed by atoms with Crippen LogP contribution >= 0.6 is 0 Å². The summed E-state index contributed by atoms with van der Waals surface area (Å²) in [5.74, 6) is -0.748. The standard InChI is InChI=1S/C15H15N3O6S/c1-10-3-5-12(6-4-10)25(22,23)17-16-9-11-7-13(18(20)21)15(19)14(8-11)24-2/h3-9,17,19H,1-2H3. The minimum absolute atomic E-state index is 0.0320. The molecule has 10 heteroatoms. The van der Waals surface area contributed by atoms with E-state index >= 15 is 0 Å². The van der Waals surface area contributed by atoms with E-state index in [1.54, 1.807) is 12.1 Å². The summed E-state index contributed by atoms with van der Waals surface area (Å²) in [4.78, 5) is 12.2. The highest BCUT2D eigenvalue weighted by molar-refractivity contribution is 7.89. The third-order valence-electron chi connectivity index (χ3n) is 3.21. The molecule has 0 saturated heterocycles. The van der Waals surface area contributed by atoms with E-state index in [4.69, 9.17) is 4.74 Å². The van der Waals surface area contributed by atoms with Crippen LogP contribution in [-0.4, -0.2) is 31.8 Å². The molecule has 0 unspecified atom stereocenters. The van der Waals surface area contributed by atoms with Gasteiger partial charge in [0.05, 0.1) is 23.1 Å². The maximum absolute atomic E-state index is 12.1. The zero-order chi connectivity index (χ0) is 18.6. The predicted molar refractivity (Wildman–Crippen MR) is 90.4 cm³/mol. The Balaban J connectivity index is 2.26. The number of aryl methyl sites for hydroxylation is 1. The first-order chi connectivity index (χ1) is 11.7. The molecule has 0 spiro atoms. The maximum atomic E-state index is 12.1. The van der Waals surface area contributed by atoms with Crippen molar-refractivity contribution in [1.29, 1.82) is 0 Å². The number of nitrogens with zero attached hydrogens (tertiary/aromatic N) is 2. The smallest absolute Gasteiger partial charge is 0.315 e. The number of benzene rings is 2. The maximum Gasteiger partial charge on any atom is 0.315 e. The highest BCUT2D eigenvalue weighted by Gasteiger charge is 2.19. The molecular weight excluding hydrogens is 350 g/mol. The molecule has 0 amide bonds. The van der Waals surface area contributed by atoms with Crippen LogP contribution in [0.1, 0.15) is 11.1 Å². The van der Waals surface area contributed by atoms with Crippen LogP contribution in [0.25, 0.3) is 0 Å². The number of hydrazone groups is 1. The summed E-state index contributed by atoms with van der Waals surface area (Å²) in [6, 6.07) is 8.48. The van der Waals surface area contributed by atoms with E-state index in [-0.39, 0.29) is 16.2 Å². The van der Waals surface area contributed by atoms with E-state index in [1.165, 1.54) is 25.3 Å². The lowest BCUT2D eigenvalue weighted by molar-refractivity contribution is -0.386. The summed E-state index contributed by atoms with van der Waals surface area (Å²) in [5, 5.41) is 24.2. The Morgan fingerprint density at radius 1 is 1.28 bits per heavy atom. The fourth-order valence-electron chi connectivity index (χ4n) is 1.92. The van der Waals surface area contributed by atoms with Gasteiger partial charge in [-0.15, -0.1) is 0 Å². The van der Waals surface area contributed by atoms with E-state index in [0.717, 1.165) is 17.8 Å². The number of nitro benzene ring substituents is 1. The molecule has 2 N–H and O–H groups in total. The van der Waals surface area contributed by atoms with Gasteiger partial charge in [-0.3, -0.25) is 10.1 Å². The van der Waals surface area contributed by atoms with E-state index in [9.17, 15) is 23.6 Å². The fraction of sp³-hybridized carbons (Fsp3) is 0.133. The molecule has 9 nitrogen and oxygen atoms in total. The molecule has 0 saturated carbocycles. The van der Waals surface area contributed by atoms with Crippen molar-refractivity contribution in [3.63, 3.8) is 0 Å². The Morgan fingerprint density at radius 3 is 2.48 bits per heavy atom. The molecule has 132 valence electrons. The Kier molecular flexibility index (Phi) is 5.22. The van der Waals surface area contributed by atoms with Gasteiger partial charge in [0.25, 0.3) is 10.0 Å². The average Bonchev–Trinajstić information content (AvgIpc) is 2.56. The van der Waals surface area contributed by atoms with Crippen LogP contribution in [-0.2, 0) is 10.0 Å². The zero-order valence-electron chi connectivity index (χ0n) is 13.3. The van der Waals surface area contributed by atoms with Gasteiger partial charge in [-0.05, 0) is 25.1 Å². The minimum Gasteiger partial charge on any atom is -0.500 e. The van der Waals surface area contributed by atoms with Gasteiger partial charge in [0.1, 0.15) is 0 Å². The second kappa shape index (κ2) is 7.18. The number of aromatic hydroxyl groups is 1. The Labute approximate surface area is 143 Å². The van der Waals surface area contributed by atoms with Crippen LogP contribution in [0.3, 0.4) is 0 Å².